The molecule has 1 aromatic heterocycles. The Hall–Kier alpha value is -1.69. The van der Waals surface area contributed by atoms with Crippen LogP contribution in [0.5, 0.6) is 0 Å². The molecule has 4 nitrogen and oxygen atoms in total. The van der Waals surface area contributed by atoms with Crippen molar-refractivity contribution in [2.75, 3.05) is 18.5 Å². The first-order valence-corrected chi connectivity index (χ1v) is 9.51. The van der Waals surface area contributed by atoms with Gasteiger partial charge in [0, 0.05) is 34.3 Å². The van der Waals surface area contributed by atoms with Crippen LogP contribution < -0.4 is 5.32 Å². The molecule has 0 bridgehead atoms. The summed E-state index contributed by atoms with van der Waals surface area (Å²) in [6.07, 6.45) is 3.52. The Kier molecular flexibility index (Phi) is 4.39. The van der Waals surface area contributed by atoms with E-state index in [0.29, 0.717) is 5.71 Å². The maximum Gasteiger partial charge on any atom is 0.0717 e. The van der Waals surface area contributed by atoms with Gasteiger partial charge < -0.3 is 10.4 Å². The Labute approximate surface area is 146 Å². The lowest BCUT2D eigenvalue weighted by atomic mass is 9.99. The first kappa shape index (κ1) is 15.8. The van der Waals surface area contributed by atoms with Crippen molar-refractivity contribution < 1.29 is 5.11 Å². The second kappa shape index (κ2) is 6.67. The number of benzene rings is 1. The van der Waals surface area contributed by atoms with Crippen molar-refractivity contribution in [3.63, 3.8) is 0 Å². The zero-order chi connectivity index (χ0) is 16.5. The second-order valence-electron chi connectivity index (χ2n) is 6.67. The molecule has 24 heavy (non-hydrogen) atoms. The van der Waals surface area contributed by atoms with Crippen molar-refractivity contribution >= 4 is 22.7 Å². The number of hydrogen-bond acceptors (Lipinski definition) is 5. The van der Waals surface area contributed by atoms with Gasteiger partial charge in [-0.3, -0.25) is 10.3 Å². The van der Waals surface area contributed by atoms with Crippen LogP contribution in [0.4, 0.5) is 5.69 Å². The van der Waals surface area contributed by atoms with Crippen LogP contribution in [0.25, 0.3) is 0 Å². The van der Waals surface area contributed by atoms with Crippen LogP contribution in [0.3, 0.4) is 0 Å². The van der Waals surface area contributed by atoms with E-state index in [1.807, 2.05) is 6.07 Å². The summed E-state index contributed by atoms with van der Waals surface area (Å²) in [5.41, 5.74) is 4.95. The number of aliphatic hydroxyl groups is 1. The molecule has 0 spiro atoms. The Morgan fingerprint density at radius 2 is 2.17 bits per heavy atom. The fourth-order valence-electron chi connectivity index (χ4n) is 3.78. The van der Waals surface area contributed by atoms with Gasteiger partial charge in [-0.15, -0.1) is 11.3 Å². The van der Waals surface area contributed by atoms with E-state index in [9.17, 15) is 5.11 Å². The highest BCUT2D eigenvalue weighted by molar-refractivity contribution is 7.10. The molecule has 2 aromatic rings. The summed E-state index contributed by atoms with van der Waals surface area (Å²) in [7, 11) is 0. The molecule has 0 amide bonds. The molecule has 2 aliphatic heterocycles. The number of anilines is 1. The van der Waals surface area contributed by atoms with E-state index in [1.54, 1.807) is 11.3 Å². The Balaban J connectivity index is 1.58. The van der Waals surface area contributed by atoms with Crippen LogP contribution in [-0.2, 0) is 13.1 Å². The molecule has 1 saturated heterocycles. The molecule has 0 aliphatic carbocycles. The van der Waals surface area contributed by atoms with Crippen LogP contribution in [-0.4, -0.2) is 34.9 Å². The third kappa shape index (κ3) is 2.88. The predicted molar refractivity (Wildman–Crippen MR) is 99.2 cm³/mol. The van der Waals surface area contributed by atoms with Crippen molar-refractivity contribution in [3.05, 3.63) is 51.2 Å². The van der Waals surface area contributed by atoms with Gasteiger partial charge in [-0.2, -0.15) is 0 Å². The Morgan fingerprint density at radius 3 is 3.04 bits per heavy atom. The largest absolute Gasteiger partial charge is 0.395 e. The Morgan fingerprint density at radius 1 is 1.25 bits per heavy atom. The molecule has 3 heterocycles. The van der Waals surface area contributed by atoms with Crippen molar-refractivity contribution in [2.24, 2.45) is 0 Å². The highest BCUT2D eigenvalue weighted by atomic mass is 32.1. The smallest absolute Gasteiger partial charge is 0.0717 e. The monoisotopic (exact) mass is 341 g/mol. The number of nitrogens with zero attached hydrogens (tertiary/aromatic N) is 1. The van der Waals surface area contributed by atoms with E-state index in [1.165, 1.54) is 23.3 Å². The quantitative estimate of drug-likeness (QED) is 0.801. The summed E-state index contributed by atoms with van der Waals surface area (Å²) in [6.45, 7) is 2.96. The summed E-state index contributed by atoms with van der Waals surface area (Å²) < 4.78 is 0. The van der Waals surface area contributed by atoms with E-state index >= 15 is 0 Å². The molecule has 1 atom stereocenters. The van der Waals surface area contributed by atoms with Gasteiger partial charge in [0.15, 0.2) is 0 Å². The Bertz CT molecular complexity index is 755. The molecular formula is C19H23N3OS. The normalized spacial score (nSPS) is 20.9. The maximum atomic E-state index is 9.60. The standard InChI is InChI=1S/C19H23N3OS/c20-19-15-5-4-13(11-22-7-2-1-3-14(22)12-23)9-17(15)21-10-18-16(19)6-8-24-18/h4-6,8-9,14,20-21,23H,1-3,7,10-12H2. The van der Waals surface area contributed by atoms with E-state index in [4.69, 9.17) is 5.41 Å². The average molecular weight is 341 g/mol. The summed E-state index contributed by atoms with van der Waals surface area (Å²) in [5.74, 6) is 0. The van der Waals surface area contributed by atoms with Crippen molar-refractivity contribution in [1.82, 2.24) is 4.90 Å². The first-order chi connectivity index (χ1) is 11.8. The minimum Gasteiger partial charge on any atom is -0.395 e. The molecule has 1 fully saturated rings. The molecule has 0 radical (unpaired) electrons. The SMILES string of the molecule is N=C1c2ccc(CN3CCCCC3CO)cc2NCc2sccc21. The fraction of sp³-hybridized carbons (Fsp3) is 0.421. The predicted octanol–water partition coefficient (Wildman–Crippen LogP) is 3.44. The third-order valence-electron chi connectivity index (χ3n) is 5.15. The van der Waals surface area contributed by atoms with E-state index in [-0.39, 0.29) is 12.6 Å². The zero-order valence-electron chi connectivity index (χ0n) is 13.7. The topological polar surface area (TPSA) is 59.4 Å². The molecule has 4 rings (SSSR count). The lowest BCUT2D eigenvalue weighted by molar-refractivity contribution is 0.0841. The number of nitrogens with one attached hydrogen (secondary N) is 2. The van der Waals surface area contributed by atoms with Gasteiger partial charge >= 0.3 is 0 Å². The molecular weight excluding hydrogens is 318 g/mol. The van der Waals surface area contributed by atoms with Gasteiger partial charge in [-0.25, -0.2) is 0 Å². The van der Waals surface area contributed by atoms with Crippen molar-refractivity contribution in [3.8, 4) is 0 Å². The summed E-state index contributed by atoms with van der Waals surface area (Å²) in [6, 6.07) is 8.73. The number of rotatable bonds is 3. The maximum absolute atomic E-state index is 9.60. The second-order valence-corrected chi connectivity index (χ2v) is 7.67. The van der Waals surface area contributed by atoms with Crippen LogP contribution in [0, 0.1) is 5.41 Å². The number of thiophene rings is 1. The van der Waals surface area contributed by atoms with Gasteiger partial charge in [0.05, 0.1) is 18.9 Å². The van der Waals surface area contributed by atoms with Gasteiger partial charge in [-0.1, -0.05) is 18.6 Å². The minimum absolute atomic E-state index is 0.244. The van der Waals surface area contributed by atoms with Crippen molar-refractivity contribution in [2.45, 2.75) is 38.4 Å². The van der Waals surface area contributed by atoms with Crippen LogP contribution in [0.1, 0.15) is 40.8 Å². The number of likely N-dealkylation sites (tertiary alicyclic amines) is 1. The zero-order valence-corrected chi connectivity index (χ0v) is 14.5. The number of piperidine rings is 1. The van der Waals surface area contributed by atoms with E-state index in [0.717, 1.165) is 42.9 Å². The van der Waals surface area contributed by atoms with Gasteiger partial charge in [0.25, 0.3) is 0 Å². The van der Waals surface area contributed by atoms with Gasteiger partial charge in [-0.05, 0) is 42.5 Å². The number of aliphatic hydroxyl groups excluding tert-OH is 1. The molecule has 1 aromatic carbocycles. The lowest BCUT2D eigenvalue weighted by Gasteiger charge is -2.34. The summed E-state index contributed by atoms with van der Waals surface area (Å²) in [5, 5.41) is 23.7. The average Bonchev–Trinajstić information content (AvgIpc) is 3.04. The number of fused-ring (bicyclic) bond motifs is 2. The number of hydrogen-bond donors (Lipinski definition) is 3. The molecule has 0 saturated carbocycles. The molecule has 2 aliphatic rings. The van der Waals surface area contributed by atoms with Crippen LogP contribution >= 0.6 is 11.3 Å². The van der Waals surface area contributed by atoms with Gasteiger partial charge in [0.1, 0.15) is 0 Å². The fourth-order valence-corrected chi connectivity index (χ4v) is 4.61. The highest BCUT2D eigenvalue weighted by Gasteiger charge is 2.23. The highest BCUT2D eigenvalue weighted by Crippen LogP contribution is 2.30. The van der Waals surface area contributed by atoms with Gasteiger partial charge in [0.2, 0.25) is 0 Å². The minimum atomic E-state index is 0.244. The summed E-state index contributed by atoms with van der Waals surface area (Å²) >= 11 is 1.71. The lowest BCUT2D eigenvalue weighted by Crippen LogP contribution is -2.41. The summed E-state index contributed by atoms with van der Waals surface area (Å²) in [4.78, 5) is 3.62. The molecule has 3 N–H and O–H groups in total. The first-order valence-electron chi connectivity index (χ1n) is 8.63. The van der Waals surface area contributed by atoms with Crippen LogP contribution in [0.15, 0.2) is 29.6 Å². The molecule has 1 unspecified atom stereocenters. The van der Waals surface area contributed by atoms with E-state index < -0.39 is 0 Å². The molecule has 126 valence electrons. The molecule has 5 heteroatoms. The van der Waals surface area contributed by atoms with E-state index in [2.05, 4.69) is 33.8 Å². The van der Waals surface area contributed by atoms with Crippen molar-refractivity contribution in [1.29, 1.82) is 5.41 Å². The third-order valence-corrected chi connectivity index (χ3v) is 6.07. The van der Waals surface area contributed by atoms with Crippen LogP contribution in [0.2, 0.25) is 0 Å².